The predicted octanol–water partition coefficient (Wildman–Crippen LogP) is 3.40. The first-order chi connectivity index (χ1) is 7.59. The third-order valence-electron chi connectivity index (χ3n) is 2.75. The molecule has 0 spiro atoms. The van der Waals surface area contributed by atoms with Gasteiger partial charge in [0.25, 0.3) is 0 Å². The van der Waals surface area contributed by atoms with E-state index in [-0.39, 0.29) is 0 Å². The van der Waals surface area contributed by atoms with Crippen molar-refractivity contribution in [2.24, 2.45) is 7.05 Å². The molecule has 0 aliphatic heterocycles. The van der Waals surface area contributed by atoms with Crippen molar-refractivity contribution in [2.45, 2.75) is 24.9 Å². The third kappa shape index (κ3) is 2.05. The number of aryl methyl sites for hydroxylation is 1. The van der Waals surface area contributed by atoms with Crippen LogP contribution in [0.5, 0.6) is 0 Å². The quantitative estimate of drug-likeness (QED) is 0.825. The Morgan fingerprint density at radius 2 is 2.12 bits per heavy atom. The summed E-state index contributed by atoms with van der Waals surface area (Å²) in [5.74, 6) is 1.04. The van der Waals surface area contributed by atoms with Crippen LogP contribution in [0, 0.1) is 0 Å². The maximum Gasteiger partial charge on any atom is 0.0713 e. The van der Waals surface area contributed by atoms with Gasteiger partial charge in [-0.1, -0.05) is 26.0 Å². The molecule has 0 fully saturated rings. The fraction of sp³-hybridized carbons (Fsp3) is 0.385. The Bertz CT molecular complexity index is 500. The van der Waals surface area contributed by atoms with Crippen molar-refractivity contribution in [1.29, 1.82) is 0 Å². The van der Waals surface area contributed by atoms with Crippen LogP contribution in [0.15, 0.2) is 24.3 Å². The fourth-order valence-corrected chi connectivity index (χ4v) is 2.68. The molecule has 2 aromatic rings. The fourth-order valence-electron chi connectivity index (χ4n) is 1.89. The molecule has 3 heteroatoms. The van der Waals surface area contributed by atoms with Gasteiger partial charge in [-0.2, -0.15) is 11.8 Å². The first kappa shape index (κ1) is 11.4. The van der Waals surface area contributed by atoms with Crippen molar-refractivity contribution >= 4 is 28.4 Å². The van der Waals surface area contributed by atoms with Gasteiger partial charge < -0.3 is 10.3 Å². The zero-order valence-corrected chi connectivity index (χ0v) is 10.8. The summed E-state index contributed by atoms with van der Waals surface area (Å²) in [4.78, 5) is 0. The number of nitrogen functional groups attached to an aromatic ring is 1. The number of rotatable bonds is 3. The number of thioether (sulfide) groups is 1. The molecule has 0 saturated carbocycles. The van der Waals surface area contributed by atoms with E-state index in [9.17, 15) is 0 Å². The minimum Gasteiger partial charge on any atom is -0.397 e. The number of anilines is 1. The summed E-state index contributed by atoms with van der Waals surface area (Å²) < 4.78 is 2.21. The largest absolute Gasteiger partial charge is 0.397 e. The van der Waals surface area contributed by atoms with Crippen molar-refractivity contribution in [3.8, 4) is 0 Å². The average molecular weight is 234 g/mol. The highest BCUT2D eigenvalue weighted by Gasteiger charge is 2.08. The predicted molar refractivity (Wildman–Crippen MR) is 73.8 cm³/mol. The van der Waals surface area contributed by atoms with Crippen molar-refractivity contribution in [1.82, 2.24) is 4.57 Å². The number of nitrogens with two attached hydrogens (primary N) is 1. The number of hydrogen-bond donors (Lipinski definition) is 1. The molecule has 16 heavy (non-hydrogen) atoms. The highest BCUT2D eigenvalue weighted by molar-refractivity contribution is 7.99. The Balaban J connectivity index is 2.40. The van der Waals surface area contributed by atoms with Crippen LogP contribution in [0.25, 0.3) is 10.9 Å². The summed E-state index contributed by atoms with van der Waals surface area (Å²) in [7, 11) is 2.09. The Morgan fingerprint density at radius 1 is 1.38 bits per heavy atom. The molecule has 2 N–H and O–H groups in total. The van der Waals surface area contributed by atoms with E-state index < -0.39 is 0 Å². The normalized spacial score (nSPS) is 11.5. The smallest absolute Gasteiger partial charge is 0.0713 e. The van der Waals surface area contributed by atoms with Crippen molar-refractivity contribution in [3.05, 3.63) is 30.0 Å². The molecule has 1 heterocycles. The maximum absolute atomic E-state index is 6.00. The lowest BCUT2D eigenvalue weighted by molar-refractivity contribution is 0.908. The molecule has 2 rings (SSSR count). The molecule has 0 bridgehead atoms. The molecule has 86 valence electrons. The van der Waals surface area contributed by atoms with Crippen molar-refractivity contribution in [2.75, 3.05) is 5.73 Å². The minimum absolute atomic E-state index is 0.662. The SMILES string of the molecule is CC(C)SCc1cc2cccc(N)c2n1C. The second kappa shape index (κ2) is 4.42. The molecule has 0 aliphatic carbocycles. The molecule has 0 aliphatic rings. The van der Waals surface area contributed by atoms with E-state index in [0.717, 1.165) is 17.0 Å². The Hall–Kier alpha value is -1.09. The summed E-state index contributed by atoms with van der Waals surface area (Å²) in [6, 6.07) is 8.33. The number of aromatic nitrogens is 1. The summed E-state index contributed by atoms with van der Waals surface area (Å²) >= 11 is 1.96. The molecule has 0 atom stereocenters. The van der Waals surface area contributed by atoms with E-state index in [4.69, 9.17) is 5.73 Å². The van der Waals surface area contributed by atoms with Crippen molar-refractivity contribution < 1.29 is 0 Å². The Morgan fingerprint density at radius 3 is 2.75 bits per heavy atom. The van der Waals surface area contributed by atoms with Gasteiger partial charge in [-0.3, -0.25) is 0 Å². The Labute approximate surface area is 101 Å². The van der Waals surface area contributed by atoms with Gasteiger partial charge >= 0.3 is 0 Å². The van der Waals surface area contributed by atoms with Crippen LogP contribution in [0.4, 0.5) is 5.69 Å². The van der Waals surface area contributed by atoms with Gasteiger partial charge in [0, 0.05) is 23.9 Å². The van der Waals surface area contributed by atoms with Crippen LogP contribution in [0.3, 0.4) is 0 Å². The summed E-state index contributed by atoms with van der Waals surface area (Å²) in [6.45, 7) is 4.45. The van der Waals surface area contributed by atoms with Gasteiger partial charge in [0.15, 0.2) is 0 Å². The summed E-state index contributed by atoms with van der Waals surface area (Å²) in [6.07, 6.45) is 0. The molecular weight excluding hydrogens is 216 g/mol. The zero-order chi connectivity index (χ0) is 11.7. The molecule has 2 nitrogen and oxygen atoms in total. The topological polar surface area (TPSA) is 30.9 Å². The van der Waals surface area contributed by atoms with Crippen molar-refractivity contribution in [3.63, 3.8) is 0 Å². The number of hydrogen-bond acceptors (Lipinski definition) is 2. The number of nitrogens with zero attached hydrogens (tertiary/aromatic N) is 1. The third-order valence-corrected chi connectivity index (χ3v) is 3.88. The van der Waals surface area contributed by atoms with Gasteiger partial charge in [-0.05, 0) is 17.4 Å². The number of fused-ring (bicyclic) bond motifs is 1. The second-order valence-electron chi connectivity index (χ2n) is 4.34. The highest BCUT2D eigenvalue weighted by atomic mass is 32.2. The Kier molecular flexibility index (Phi) is 3.15. The average Bonchev–Trinajstić information content (AvgIpc) is 2.54. The highest BCUT2D eigenvalue weighted by Crippen LogP contribution is 2.27. The van der Waals surface area contributed by atoms with Gasteiger partial charge in [-0.25, -0.2) is 0 Å². The van der Waals surface area contributed by atoms with Gasteiger partial charge in [0.05, 0.1) is 11.2 Å². The standard InChI is InChI=1S/C13H18N2S/c1-9(2)16-8-11-7-10-5-4-6-12(14)13(10)15(11)3/h4-7,9H,8,14H2,1-3H3. The van der Waals surface area contributed by atoms with E-state index in [1.807, 2.05) is 23.9 Å². The number of benzene rings is 1. The van der Waals surface area contributed by atoms with Crippen LogP contribution in [0.1, 0.15) is 19.5 Å². The van der Waals surface area contributed by atoms with E-state index in [2.05, 4.69) is 37.6 Å². The summed E-state index contributed by atoms with van der Waals surface area (Å²) in [5, 5.41) is 1.90. The van der Waals surface area contributed by atoms with Gasteiger partial charge in [0.1, 0.15) is 0 Å². The summed E-state index contributed by atoms with van der Waals surface area (Å²) in [5.41, 5.74) is 9.35. The molecular formula is C13H18N2S. The van der Waals surface area contributed by atoms with E-state index in [0.29, 0.717) is 5.25 Å². The van der Waals surface area contributed by atoms with Gasteiger partial charge in [0.2, 0.25) is 0 Å². The lowest BCUT2D eigenvalue weighted by Gasteiger charge is -2.07. The van der Waals surface area contributed by atoms with E-state index in [1.165, 1.54) is 11.1 Å². The molecule has 0 saturated heterocycles. The van der Waals surface area contributed by atoms with Crippen LogP contribution >= 0.6 is 11.8 Å². The minimum atomic E-state index is 0.662. The second-order valence-corrected chi connectivity index (χ2v) is 5.90. The molecule has 0 unspecified atom stereocenters. The van der Waals surface area contributed by atoms with Crippen LogP contribution in [-0.2, 0) is 12.8 Å². The maximum atomic E-state index is 6.00. The van der Waals surface area contributed by atoms with E-state index >= 15 is 0 Å². The first-order valence-electron chi connectivity index (χ1n) is 5.54. The molecule has 0 radical (unpaired) electrons. The first-order valence-corrected chi connectivity index (χ1v) is 6.59. The molecule has 0 amide bonds. The lowest BCUT2D eigenvalue weighted by atomic mass is 10.2. The zero-order valence-electron chi connectivity index (χ0n) is 10.0. The molecule has 1 aromatic carbocycles. The molecule has 1 aromatic heterocycles. The van der Waals surface area contributed by atoms with E-state index in [1.54, 1.807) is 0 Å². The monoisotopic (exact) mass is 234 g/mol. The van der Waals surface area contributed by atoms with Crippen LogP contribution in [0.2, 0.25) is 0 Å². The lowest BCUT2D eigenvalue weighted by Crippen LogP contribution is -1.98. The number of para-hydroxylation sites is 1. The van der Waals surface area contributed by atoms with Crippen LogP contribution < -0.4 is 5.73 Å². The van der Waals surface area contributed by atoms with Crippen LogP contribution in [-0.4, -0.2) is 9.82 Å². The van der Waals surface area contributed by atoms with Gasteiger partial charge in [-0.15, -0.1) is 0 Å².